The number of rotatable bonds is 0. The first kappa shape index (κ1) is 15.0. The topological polar surface area (TPSA) is 34.1 Å². The minimum Gasteiger partial charge on any atom is -0.299 e. The Hall–Kier alpha value is -0.920. The van der Waals surface area contributed by atoms with Crippen LogP contribution in [-0.4, -0.2) is 11.6 Å². The zero-order chi connectivity index (χ0) is 15.4. The molecule has 116 valence electrons. The number of carbonyl (C=O) groups is 2. The van der Waals surface area contributed by atoms with Crippen molar-refractivity contribution in [2.75, 3.05) is 0 Å². The molecular weight excluding hydrogens is 260 g/mol. The Bertz CT molecular complexity index is 514. The van der Waals surface area contributed by atoms with E-state index in [2.05, 4.69) is 33.8 Å². The third kappa shape index (κ3) is 2.13. The van der Waals surface area contributed by atoms with E-state index in [1.807, 2.05) is 0 Å². The van der Waals surface area contributed by atoms with E-state index in [0.717, 1.165) is 32.1 Å². The minimum absolute atomic E-state index is 0.00499. The van der Waals surface area contributed by atoms with E-state index in [1.54, 1.807) is 0 Å². The van der Waals surface area contributed by atoms with Gasteiger partial charge in [0, 0.05) is 12.3 Å². The molecule has 0 aliphatic heterocycles. The highest BCUT2D eigenvalue weighted by molar-refractivity contribution is 6.05. The molecule has 2 bridgehead atoms. The highest BCUT2D eigenvalue weighted by atomic mass is 16.2. The van der Waals surface area contributed by atoms with Gasteiger partial charge in [0.1, 0.15) is 11.6 Å². The lowest BCUT2D eigenvalue weighted by Gasteiger charge is -2.51. The smallest absolute Gasteiger partial charge is 0.147 e. The Morgan fingerprint density at radius 1 is 1.10 bits per heavy atom. The van der Waals surface area contributed by atoms with Gasteiger partial charge in [0.25, 0.3) is 0 Å². The average molecular weight is 288 g/mol. The van der Waals surface area contributed by atoms with Gasteiger partial charge in [0.15, 0.2) is 0 Å². The molecule has 0 aromatic heterocycles. The SMILES string of the molecule is CC1=CC[C@@H]2C(=O)[C@H]3C(=O)CCC[C@@]3(C)CC[C@H]1C2(C)C. The van der Waals surface area contributed by atoms with Gasteiger partial charge in [-0.3, -0.25) is 9.59 Å². The lowest BCUT2D eigenvalue weighted by molar-refractivity contribution is -0.149. The first-order valence-electron chi connectivity index (χ1n) is 8.50. The van der Waals surface area contributed by atoms with Crippen LogP contribution in [0.1, 0.15) is 66.2 Å². The van der Waals surface area contributed by atoms with E-state index < -0.39 is 0 Å². The molecule has 2 fully saturated rings. The average Bonchev–Trinajstić information content (AvgIpc) is 2.36. The summed E-state index contributed by atoms with van der Waals surface area (Å²) in [5, 5.41) is 0. The maximum Gasteiger partial charge on any atom is 0.147 e. The summed E-state index contributed by atoms with van der Waals surface area (Å²) in [6.45, 7) is 8.90. The summed E-state index contributed by atoms with van der Waals surface area (Å²) < 4.78 is 0. The Kier molecular flexibility index (Phi) is 3.42. The van der Waals surface area contributed by atoms with E-state index in [1.165, 1.54) is 5.57 Å². The fourth-order valence-corrected chi connectivity index (χ4v) is 5.45. The van der Waals surface area contributed by atoms with Crippen molar-refractivity contribution in [2.24, 2.45) is 28.6 Å². The second-order valence-corrected chi connectivity index (χ2v) is 8.46. The second-order valence-electron chi connectivity index (χ2n) is 8.46. The number of carbonyl (C=O) groups excluding carboxylic acids is 2. The van der Waals surface area contributed by atoms with E-state index in [4.69, 9.17) is 0 Å². The second kappa shape index (κ2) is 4.79. The molecule has 0 heterocycles. The fourth-order valence-electron chi connectivity index (χ4n) is 5.45. The van der Waals surface area contributed by atoms with Crippen LogP contribution >= 0.6 is 0 Å². The number of allylic oxidation sites excluding steroid dienone is 2. The number of fused-ring (bicyclic) bond motifs is 3. The normalized spacial score (nSPS) is 42.7. The predicted molar refractivity (Wildman–Crippen MR) is 83.8 cm³/mol. The van der Waals surface area contributed by atoms with Crippen molar-refractivity contribution in [3.05, 3.63) is 11.6 Å². The molecule has 2 saturated carbocycles. The van der Waals surface area contributed by atoms with Gasteiger partial charge in [-0.2, -0.15) is 0 Å². The molecule has 3 aliphatic rings. The van der Waals surface area contributed by atoms with Gasteiger partial charge < -0.3 is 0 Å². The molecule has 2 heteroatoms. The van der Waals surface area contributed by atoms with Gasteiger partial charge in [-0.25, -0.2) is 0 Å². The van der Waals surface area contributed by atoms with Crippen molar-refractivity contribution >= 4 is 11.6 Å². The Balaban J connectivity index is 2.07. The van der Waals surface area contributed by atoms with Crippen molar-refractivity contribution in [1.29, 1.82) is 0 Å². The summed E-state index contributed by atoms with van der Waals surface area (Å²) in [5.41, 5.74) is 1.36. The van der Waals surface area contributed by atoms with Crippen molar-refractivity contribution in [3.63, 3.8) is 0 Å². The van der Waals surface area contributed by atoms with E-state index in [9.17, 15) is 9.59 Å². The van der Waals surface area contributed by atoms with Crippen LogP contribution in [-0.2, 0) is 9.59 Å². The van der Waals surface area contributed by atoms with Crippen LogP contribution in [0.2, 0.25) is 0 Å². The standard InChI is InChI=1S/C19H28O2/c1-12-7-8-14-17(21)16-15(20)6-5-10-19(16,4)11-9-13(12)18(14,2)3/h7,13-14,16H,5-6,8-11H2,1-4H3/t13-,14-,16-,19+/m1/s1. The number of Topliss-reactive ketones (excluding diaryl/α,β-unsaturated/α-hetero) is 2. The number of hydrogen-bond acceptors (Lipinski definition) is 2. The van der Waals surface area contributed by atoms with Gasteiger partial charge in [-0.1, -0.05) is 32.4 Å². The first-order valence-corrected chi connectivity index (χ1v) is 8.50. The number of ketones is 2. The van der Waals surface area contributed by atoms with Crippen molar-refractivity contribution in [1.82, 2.24) is 0 Å². The van der Waals surface area contributed by atoms with Gasteiger partial charge in [0.2, 0.25) is 0 Å². The Labute approximate surface area is 128 Å². The van der Waals surface area contributed by atoms with E-state index >= 15 is 0 Å². The highest BCUT2D eigenvalue weighted by Gasteiger charge is 2.54. The van der Waals surface area contributed by atoms with Gasteiger partial charge in [0.05, 0.1) is 5.92 Å². The molecule has 0 amide bonds. The zero-order valence-corrected chi connectivity index (χ0v) is 13.9. The first-order chi connectivity index (χ1) is 9.77. The summed E-state index contributed by atoms with van der Waals surface area (Å²) in [5.74, 6) is 0.658. The zero-order valence-electron chi connectivity index (χ0n) is 13.9. The molecule has 0 aromatic rings. The third-order valence-corrected chi connectivity index (χ3v) is 6.84. The lowest BCUT2D eigenvalue weighted by Crippen LogP contribution is -2.52. The van der Waals surface area contributed by atoms with E-state index in [0.29, 0.717) is 12.3 Å². The van der Waals surface area contributed by atoms with Crippen LogP contribution in [0.3, 0.4) is 0 Å². The van der Waals surface area contributed by atoms with Gasteiger partial charge in [-0.05, 0) is 55.8 Å². The molecule has 0 saturated heterocycles. The van der Waals surface area contributed by atoms with Crippen LogP contribution in [0.15, 0.2) is 11.6 Å². The van der Waals surface area contributed by atoms with Gasteiger partial charge >= 0.3 is 0 Å². The van der Waals surface area contributed by atoms with Crippen molar-refractivity contribution in [3.8, 4) is 0 Å². The molecule has 0 spiro atoms. The predicted octanol–water partition coefficient (Wildman–Crippen LogP) is 4.33. The molecule has 21 heavy (non-hydrogen) atoms. The molecule has 0 radical (unpaired) electrons. The largest absolute Gasteiger partial charge is 0.299 e. The summed E-state index contributed by atoms with van der Waals surface area (Å²) in [7, 11) is 0. The molecule has 2 nitrogen and oxygen atoms in total. The molecule has 3 aliphatic carbocycles. The summed E-state index contributed by atoms with van der Waals surface area (Å²) in [4.78, 5) is 25.7. The molecule has 3 rings (SSSR count). The highest BCUT2D eigenvalue weighted by Crippen LogP contribution is 2.55. The molecule has 0 N–H and O–H groups in total. The Morgan fingerprint density at radius 3 is 2.52 bits per heavy atom. The quantitative estimate of drug-likeness (QED) is 0.491. The monoisotopic (exact) mass is 288 g/mol. The van der Waals surface area contributed by atoms with Crippen LogP contribution < -0.4 is 0 Å². The maximum atomic E-state index is 13.2. The molecule has 0 aromatic carbocycles. The Morgan fingerprint density at radius 2 is 1.81 bits per heavy atom. The van der Waals surface area contributed by atoms with Crippen LogP contribution in [0.4, 0.5) is 0 Å². The van der Waals surface area contributed by atoms with Crippen LogP contribution in [0.5, 0.6) is 0 Å². The van der Waals surface area contributed by atoms with Crippen molar-refractivity contribution in [2.45, 2.75) is 66.2 Å². The summed E-state index contributed by atoms with van der Waals surface area (Å²) in [6.07, 6.45) is 7.84. The molecule has 4 atom stereocenters. The van der Waals surface area contributed by atoms with Gasteiger partial charge in [-0.15, -0.1) is 0 Å². The third-order valence-electron chi connectivity index (χ3n) is 6.84. The van der Waals surface area contributed by atoms with Crippen LogP contribution in [0, 0.1) is 28.6 Å². The molecular formula is C19H28O2. The lowest BCUT2D eigenvalue weighted by atomic mass is 9.51. The fraction of sp³-hybridized carbons (Fsp3) is 0.789. The van der Waals surface area contributed by atoms with Crippen LogP contribution in [0.25, 0.3) is 0 Å². The summed E-state index contributed by atoms with van der Waals surface area (Å²) in [6, 6.07) is 0. The number of hydrogen-bond donors (Lipinski definition) is 0. The van der Waals surface area contributed by atoms with Crippen molar-refractivity contribution < 1.29 is 9.59 Å². The molecule has 0 unspecified atom stereocenters. The summed E-state index contributed by atoms with van der Waals surface area (Å²) >= 11 is 0. The maximum absolute atomic E-state index is 13.2. The minimum atomic E-state index is -0.330. The van der Waals surface area contributed by atoms with E-state index in [-0.39, 0.29) is 34.2 Å².